The van der Waals surface area contributed by atoms with Gasteiger partial charge in [-0.3, -0.25) is 9.69 Å². The maximum absolute atomic E-state index is 13.0. The number of carbonyl (C=O) groups excluding carboxylic acids is 1. The molecule has 4 heterocycles. The van der Waals surface area contributed by atoms with E-state index in [1.54, 1.807) is 4.90 Å². The first kappa shape index (κ1) is 15.7. The summed E-state index contributed by atoms with van der Waals surface area (Å²) in [7, 11) is 2.06. The molecule has 128 valence electrons. The number of rotatable bonds is 2. The molecule has 1 N–H and O–H groups in total. The molecular weight excluding hydrogens is 326 g/mol. The van der Waals surface area contributed by atoms with Crippen LogP contribution in [0.15, 0.2) is 11.4 Å². The van der Waals surface area contributed by atoms with Crippen LogP contribution in [0.25, 0.3) is 0 Å². The van der Waals surface area contributed by atoms with Gasteiger partial charge in [0, 0.05) is 26.1 Å². The summed E-state index contributed by atoms with van der Waals surface area (Å²) in [5, 5.41) is 20.8. The molecule has 0 aromatic carbocycles. The quantitative estimate of drug-likeness (QED) is 0.879. The predicted octanol–water partition coefficient (Wildman–Crippen LogP) is 1.04. The van der Waals surface area contributed by atoms with Crippen molar-refractivity contribution in [1.82, 2.24) is 24.6 Å². The van der Waals surface area contributed by atoms with Crippen molar-refractivity contribution < 1.29 is 9.90 Å². The second-order valence-electron chi connectivity index (χ2n) is 6.66. The summed E-state index contributed by atoms with van der Waals surface area (Å²) in [6.07, 6.45) is 0.00265. The summed E-state index contributed by atoms with van der Waals surface area (Å²) < 4.78 is 2.12. The molecule has 1 fully saturated rings. The fraction of sp³-hybridized carbons (Fsp3) is 0.562. The number of hydrogen-bond donors (Lipinski definition) is 1. The number of thiophene rings is 1. The van der Waals surface area contributed by atoms with Crippen LogP contribution in [0, 0.1) is 6.92 Å². The summed E-state index contributed by atoms with van der Waals surface area (Å²) in [4.78, 5) is 17.7. The van der Waals surface area contributed by atoms with Gasteiger partial charge in [-0.25, -0.2) is 0 Å². The monoisotopic (exact) mass is 347 g/mol. The summed E-state index contributed by atoms with van der Waals surface area (Å²) in [6.45, 7) is 4.81. The zero-order chi connectivity index (χ0) is 16.8. The van der Waals surface area contributed by atoms with Crippen molar-refractivity contribution in [3.05, 3.63) is 33.5 Å². The second-order valence-corrected chi connectivity index (χ2v) is 7.58. The number of aryl methyl sites for hydroxylation is 1. The summed E-state index contributed by atoms with van der Waals surface area (Å²) in [6, 6.07) is 1.74. The zero-order valence-electron chi connectivity index (χ0n) is 13.8. The Balaban J connectivity index is 1.67. The van der Waals surface area contributed by atoms with Crippen molar-refractivity contribution in [2.75, 3.05) is 20.1 Å². The van der Waals surface area contributed by atoms with Crippen molar-refractivity contribution in [1.29, 1.82) is 0 Å². The van der Waals surface area contributed by atoms with Gasteiger partial charge in [-0.1, -0.05) is 0 Å². The van der Waals surface area contributed by atoms with E-state index < -0.39 is 6.10 Å². The molecule has 0 saturated carbocycles. The van der Waals surface area contributed by atoms with Gasteiger partial charge in [0.25, 0.3) is 5.91 Å². The van der Waals surface area contributed by atoms with E-state index in [1.807, 2.05) is 18.4 Å². The number of nitrogens with zero attached hydrogens (tertiary/aromatic N) is 5. The highest BCUT2D eigenvalue weighted by molar-refractivity contribution is 7.12. The minimum atomic E-state index is -0.515. The number of aromatic nitrogens is 3. The summed E-state index contributed by atoms with van der Waals surface area (Å²) in [5.74, 6) is 1.71. The lowest BCUT2D eigenvalue weighted by Gasteiger charge is -2.27. The fourth-order valence-corrected chi connectivity index (χ4v) is 4.43. The molecule has 2 atom stereocenters. The SMILES string of the molecule is Cc1ccsc1C(=O)N1C[C@@H](O)C[C@H]1c1nnc2n1CCN(C)C2. The van der Waals surface area contributed by atoms with Crippen LogP contribution in [0.3, 0.4) is 0 Å². The molecule has 7 nitrogen and oxygen atoms in total. The number of β-amino-alcohol motifs (C(OH)–C–C–N with tert-alkyl or cyclic N) is 1. The second kappa shape index (κ2) is 5.94. The normalized spacial score (nSPS) is 24.4. The Bertz CT molecular complexity index is 770. The number of fused-ring (bicyclic) bond motifs is 1. The van der Waals surface area contributed by atoms with Crippen molar-refractivity contribution in [3.8, 4) is 0 Å². The Morgan fingerprint density at radius 3 is 2.96 bits per heavy atom. The lowest BCUT2D eigenvalue weighted by Crippen LogP contribution is -2.35. The highest BCUT2D eigenvalue weighted by Crippen LogP contribution is 2.34. The minimum absolute atomic E-state index is 0.0191. The molecule has 0 unspecified atom stereocenters. The van der Waals surface area contributed by atoms with Gasteiger partial charge in [0.2, 0.25) is 0 Å². The lowest BCUT2D eigenvalue weighted by atomic mass is 10.1. The average Bonchev–Trinajstić information content (AvgIpc) is 3.24. The molecule has 1 saturated heterocycles. The molecule has 1 amide bonds. The van der Waals surface area contributed by atoms with Crippen LogP contribution in [0.4, 0.5) is 0 Å². The molecule has 0 bridgehead atoms. The highest BCUT2D eigenvalue weighted by Gasteiger charge is 2.40. The fourth-order valence-electron chi connectivity index (χ4n) is 3.55. The maximum atomic E-state index is 13.0. The Kier molecular flexibility index (Phi) is 3.90. The minimum Gasteiger partial charge on any atom is -0.391 e. The number of hydrogen-bond acceptors (Lipinski definition) is 6. The van der Waals surface area contributed by atoms with Gasteiger partial charge >= 0.3 is 0 Å². The molecule has 2 aromatic rings. The zero-order valence-corrected chi connectivity index (χ0v) is 14.7. The summed E-state index contributed by atoms with van der Waals surface area (Å²) in [5.41, 5.74) is 0.982. The van der Waals surface area contributed by atoms with Crippen molar-refractivity contribution in [2.24, 2.45) is 0 Å². The van der Waals surface area contributed by atoms with Gasteiger partial charge in [0.05, 0.1) is 23.6 Å². The first-order chi connectivity index (χ1) is 11.5. The van der Waals surface area contributed by atoms with E-state index in [-0.39, 0.29) is 11.9 Å². The van der Waals surface area contributed by atoms with Gasteiger partial charge in [-0.05, 0) is 31.0 Å². The summed E-state index contributed by atoms with van der Waals surface area (Å²) >= 11 is 1.45. The molecule has 2 aliphatic rings. The number of amides is 1. The third kappa shape index (κ3) is 2.54. The van der Waals surface area contributed by atoms with E-state index in [2.05, 4.69) is 26.7 Å². The van der Waals surface area contributed by atoms with Gasteiger partial charge < -0.3 is 14.6 Å². The largest absolute Gasteiger partial charge is 0.391 e. The molecule has 0 radical (unpaired) electrons. The van der Waals surface area contributed by atoms with Crippen LogP contribution in [0.1, 0.15) is 39.3 Å². The van der Waals surface area contributed by atoms with E-state index in [0.29, 0.717) is 13.0 Å². The Labute approximate surface area is 144 Å². The van der Waals surface area contributed by atoms with Crippen LogP contribution in [0.5, 0.6) is 0 Å². The van der Waals surface area contributed by atoms with E-state index >= 15 is 0 Å². The Morgan fingerprint density at radius 2 is 2.21 bits per heavy atom. The third-order valence-electron chi connectivity index (χ3n) is 4.87. The van der Waals surface area contributed by atoms with Crippen LogP contribution in [-0.2, 0) is 13.1 Å². The van der Waals surface area contributed by atoms with Crippen LogP contribution >= 0.6 is 11.3 Å². The molecule has 24 heavy (non-hydrogen) atoms. The lowest BCUT2D eigenvalue weighted by molar-refractivity contribution is 0.0711. The molecule has 2 aromatic heterocycles. The molecular formula is C16H21N5O2S. The molecule has 2 aliphatic heterocycles. The predicted molar refractivity (Wildman–Crippen MR) is 89.8 cm³/mol. The van der Waals surface area contributed by atoms with E-state index in [1.165, 1.54) is 11.3 Å². The number of aliphatic hydroxyl groups is 1. The Hall–Kier alpha value is -1.77. The number of aliphatic hydroxyl groups excluding tert-OH is 1. The number of carbonyl (C=O) groups is 1. The molecule has 4 rings (SSSR count). The molecule has 0 spiro atoms. The van der Waals surface area contributed by atoms with E-state index in [0.717, 1.165) is 41.7 Å². The topological polar surface area (TPSA) is 74.5 Å². The van der Waals surface area contributed by atoms with E-state index in [4.69, 9.17) is 0 Å². The van der Waals surface area contributed by atoms with Crippen LogP contribution in [-0.4, -0.2) is 61.8 Å². The Morgan fingerprint density at radius 1 is 1.38 bits per heavy atom. The first-order valence-corrected chi connectivity index (χ1v) is 9.06. The highest BCUT2D eigenvalue weighted by atomic mass is 32.1. The smallest absolute Gasteiger partial charge is 0.264 e. The van der Waals surface area contributed by atoms with Crippen molar-refractivity contribution in [3.63, 3.8) is 0 Å². The van der Waals surface area contributed by atoms with Gasteiger partial charge in [-0.2, -0.15) is 0 Å². The third-order valence-corrected chi connectivity index (χ3v) is 5.87. The molecule has 8 heteroatoms. The van der Waals surface area contributed by atoms with Gasteiger partial charge in [-0.15, -0.1) is 21.5 Å². The average molecular weight is 347 g/mol. The van der Waals surface area contributed by atoms with Crippen molar-refractivity contribution in [2.45, 2.75) is 38.6 Å². The number of likely N-dealkylation sites (tertiary alicyclic amines) is 1. The van der Waals surface area contributed by atoms with Crippen molar-refractivity contribution >= 4 is 17.2 Å². The number of likely N-dealkylation sites (N-methyl/N-ethyl adjacent to an activating group) is 1. The standard InChI is InChI=1S/C16H21N5O2S/c1-10-3-6-24-14(10)16(23)21-8-11(22)7-12(21)15-18-17-13-9-19(2)4-5-20(13)15/h3,6,11-12,22H,4-5,7-9H2,1-2H3/t11-,12-/m0/s1. The van der Waals surface area contributed by atoms with Crippen LogP contribution < -0.4 is 0 Å². The maximum Gasteiger partial charge on any atom is 0.264 e. The van der Waals surface area contributed by atoms with Crippen LogP contribution in [0.2, 0.25) is 0 Å². The van der Waals surface area contributed by atoms with Gasteiger partial charge in [0.1, 0.15) is 5.82 Å². The molecule has 0 aliphatic carbocycles. The van der Waals surface area contributed by atoms with Gasteiger partial charge in [0.15, 0.2) is 5.82 Å². The van der Waals surface area contributed by atoms with E-state index in [9.17, 15) is 9.90 Å². The first-order valence-electron chi connectivity index (χ1n) is 8.18.